The monoisotopic (exact) mass is 270 g/mol. The molecule has 1 aromatic rings. The van der Waals surface area contributed by atoms with Crippen molar-refractivity contribution in [2.24, 2.45) is 5.73 Å². The number of aliphatic hydroxyl groups excluding tert-OH is 1. The van der Waals surface area contributed by atoms with Gasteiger partial charge in [0.25, 0.3) is 0 Å². The van der Waals surface area contributed by atoms with E-state index in [0.29, 0.717) is 0 Å². The lowest BCUT2D eigenvalue weighted by molar-refractivity contribution is 0.0830. The Morgan fingerprint density at radius 2 is 2.13 bits per heavy atom. The number of fused-ring (bicyclic) bond motifs is 1. The van der Waals surface area contributed by atoms with E-state index in [1.807, 2.05) is 32.0 Å². The second-order valence-electron chi connectivity index (χ2n) is 4.55. The molecular formula is C11H15BrN2O. The van der Waals surface area contributed by atoms with Crippen LogP contribution in [0.3, 0.4) is 0 Å². The van der Waals surface area contributed by atoms with Crippen LogP contribution in [0.5, 0.6) is 0 Å². The molecule has 0 aliphatic carbocycles. The Kier molecular flexibility index (Phi) is 2.53. The lowest BCUT2D eigenvalue weighted by Gasteiger charge is -2.42. The van der Waals surface area contributed by atoms with Crippen molar-refractivity contribution in [2.75, 3.05) is 5.32 Å². The van der Waals surface area contributed by atoms with Crippen molar-refractivity contribution >= 4 is 21.6 Å². The number of hydrogen-bond donors (Lipinski definition) is 3. The standard InChI is InChI=1S/C11H15BrN2O/c1-11(2)10(15)9(13)7-5-6(12)3-4-8(7)14-11/h3-5,9-10,14-15H,13H2,1-2H3. The van der Waals surface area contributed by atoms with Gasteiger partial charge in [0, 0.05) is 10.2 Å². The van der Waals surface area contributed by atoms with Crippen LogP contribution in [0, 0.1) is 0 Å². The van der Waals surface area contributed by atoms with E-state index in [1.165, 1.54) is 0 Å². The first kappa shape index (κ1) is 10.9. The van der Waals surface area contributed by atoms with Gasteiger partial charge < -0.3 is 16.2 Å². The van der Waals surface area contributed by atoms with Crippen molar-refractivity contribution in [2.45, 2.75) is 31.5 Å². The smallest absolute Gasteiger partial charge is 0.0957 e. The van der Waals surface area contributed by atoms with Crippen molar-refractivity contribution in [1.82, 2.24) is 0 Å². The molecule has 1 heterocycles. The highest BCUT2D eigenvalue weighted by atomic mass is 79.9. The highest BCUT2D eigenvalue weighted by Crippen LogP contribution is 2.37. The number of benzene rings is 1. The van der Waals surface area contributed by atoms with Crippen LogP contribution in [0.2, 0.25) is 0 Å². The average Bonchev–Trinajstić information content (AvgIpc) is 2.16. The third-order valence-electron chi connectivity index (χ3n) is 2.91. The molecule has 1 aliphatic heterocycles. The fourth-order valence-electron chi connectivity index (χ4n) is 1.96. The predicted molar refractivity (Wildman–Crippen MR) is 64.8 cm³/mol. The van der Waals surface area contributed by atoms with Gasteiger partial charge in [0.15, 0.2) is 0 Å². The third kappa shape index (κ3) is 1.77. The summed E-state index contributed by atoms with van der Waals surface area (Å²) in [5.41, 5.74) is 7.59. The molecule has 0 saturated heterocycles. The van der Waals surface area contributed by atoms with E-state index in [1.54, 1.807) is 0 Å². The minimum absolute atomic E-state index is 0.339. The molecule has 0 radical (unpaired) electrons. The van der Waals surface area contributed by atoms with E-state index >= 15 is 0 Å². The summed E-state index contributed by atoms with van der Waals surface area (Å²) in [6, 6.07) is 5.55. The molecule has 4 N–H and O–H groups in total. The molecule has 0 bridgehead atoms. The molecule has 2 unspecified atom stereocenters. The summed E-state index contributed by atoms with van der Waals surface area (Å²) >= 11 is 3.40. The van der Waals surface area contributed by atoms with Crippen LogP contribution in [0.4, 0.5) is 5.69 Å². The van der Waals surface area contributed by atoms with Crippen molar-refractivity contribution in [3.05, 3.63) is 28.2 Å². The maximum absolute atomic E-state index is 10.0. The Morgan fingerprint density at radius 1 is 1.47 bits per heavy atom. The molecule has 0 fully saturated rings. The fourth-order valence-corrected chi connectivity index (χ4v) is 2.34. The van der Waals surface area contributed by atoms with Gasteiger partial charge >= 0.3 is 0 Å². The minimum Gasteiger partial charge on any atom is -0.389 e. The van der Waals surface area contributed by atoms with Crippen LogP contribution in [0.15, 0.2) is 22.7 Å². The Labute approximate surface area is 97.8 Å². The van der Waals surface area contributed by atoms with E-state index in [9.17, 15) is 5.11 Å². The Hall–Kier alpha value is -0.580. The summed E-state index contributed by atoms with van der Waals surface area (Å²) in [5.74, 6) is 0. The van der Waals surface area contributed by atoms with Gasteiger partial charge in [-0.25, -0.2) is 0 Å². The molecule has 3 nitrogen and oxygen atoms in total. The zero-order valence-electron chi connectivity index (χ0n) is 8.79. The average molecular weight is 271 g/mol. The topological polar surface area (TPSA) is 58.3 Å². The summed E-state index contributed by atoms with van der Waals surface area (Å²) in [4.78, 5) is 0. The third-order valence-corrected chi connectivity index (χ3v) is 3.40. The van der Waals surface area contributed by atoms with Crippen molar-refractivity contribution in [3.8, 4) is 0 Å². The zero-order valence-corrected chi connectivity index (χ0v) is 10.4. The van der Waals surface area contributed by atoms with Crippen LogP contribution in [0.1, 0.15) is 25.5 Å². The molecular weight excluding hydrogens is 256 g/mol. The lowest BCUT2D eigenvalue weighted by Crippen LogP contribution is -2.52. The minimum atomic E-state index is -0.584. The lowest BCUT2D eigenvalue weighted by atomic mass is 9.83. The van der Waals surface area contributed by atoms with Gasteiger partial charge in [-0.05, 0) is 37.6 Å². The van der Waals surface area contributed by atoms with Crippen LogP contribution in [0.25, 0.3) is 0 Å². The van der Waals surface area contributed by atoms with Gasteiger partial charge in [0.1, 0.15) is 0 Å². The first-order valence-corrected chi connectivity index (χ1v) is 5.72. The van der Waals surface area contributed by atoms with Gasteiger partial charge in [0.05, 0.1) is 17.7 Å². The molecule has 1 aliphatic rings. The van der Waals surface area contributed by atoms with Crippen molar-refractivity contribution < 1.29 is 5.11 Å². The van der Waals surface area contributed by atoms with E-state index < -0.39 is 6.10 Å². The Bertz CT molecular complexity index is 392. The van der Waals surface area contributed by atoms with Gasteiger partial charge in [-0.15, -0.1) is 0 Å². The van der Waals surface area contributed by atoms with Crippen LogP contribution in [-0.2, 0) is 0 Å². The number of halogens is 1. The number of anilines is 1. The summed E-state index contributed by atoms with van der Waals surface area (Å²) < 4.78 is 0.977. The largest absolute Gasteiger partial charge is 0.389 e. The second-order valence-corrected chi connectivity index (χ2v) is 5.46. The van der Waals surface area contributed by atoms with Crippen LogP contribution >= 0.6 is 15.9 Å². The molecule has 82 valence electrons. The van der Waals surface area contributed by atoms with Gasteiger partial charge in [-0.1, -0.05) is 15.9 Å². The van der Waals surface area contributed by atoms with Crippen LogP contribution < -0.4 is 11.1 Å². The molecule has 2 atom stereocenters. The number of hydrogen-bond acceptors (Lipinski definition) is 3. The number of nitrogens with one attached hydrogen (secondary N) is 1. The highest BCUT2D eigenvalue weighted by Gasteiger charge is 2.38. The van der Waals surface area contributed by atoms with Crippen molar-refractivity contribution in [3.63, 3.8) is 0 Å². The molecule has 15 heavy (non-hydrogen) atoms. The summed E-state index contributed by atoms with van der Waals surface area (Å²) in [5, 5.41) is 13.3. The van der Waals surface area contributed by atoms with Crippen molar-refractivity contribution in [1.29, 1.82) is 0 Å². The summed E-state index contributed by atoms with van der Waals surface area (Å²) in [7, 11) is 0. The molecule has 0 saturated carbocycles. The summed E-state index contributed by atoms with van der Waals surface area (Å²) in [6.07, 6.45) is -0.584. The molecule has 0 spiro atoms. The van der Waals surface area contributed by atoms with E-state index in [0.717, 1.165) is 15.7 Å². The van der Waals surface area contributed by atoms with Crippen LogP contribution in [-0.4, -0.2) is 16.7 Å². The fraction of sp³-hybridized carbons (Fsp3) is 0.455. The maximum atomic E-state index is 10.0. The van der Waals surface area contributed by atoms with E-state index in [2.05, 4.69) is 21.2 Å². The highest BCUT2D eigenvalue weighted by molar-refractivity contribution is 9.10. The maximum Gasteiger partial charge on any atom is 0.0957 e. The van der Waals surface area contributed by atoms with E-state index in [-0.39, 0.29) is 11.6 Å². The molecule has 2 rings (SSSR count). The quantitative estimate of drug-likeness (QED) is 0.676. The van der Waals surface area contributed by atoms with E-state index in [4.69, 9.17) is 5.73 Å². The Balaban J connectivity index is 2.50. The zero-order chi connectivity index (χ0) is 11.2. The number of aliphatic hydroxyl groups is 1. The molecule has 1 aromatic carbocycles. The number of rotatable bonds is 0. The first-order chi connectivity index (χ1) is 6.92. The normalized spacial score (nSPS) is 28.1. The van der Waals surface area contributed by atoms with Gasteiger partial charge in [-0.2, -0.15) is 0 Å². The molecule has 4 heteroatoms. The molecule has 0 aromatic heterocycles. The molecule has 0 amide bonds. The van der Waals surface area contributed by atoms with Gasteiger partial charge in [0.2, 0.25) is 0 Å². The first-order valence-electron chi connectivity index (χ1n) is 4.93. The van der Waals surface area contributed by atoms with Gasteiger partial charge in [-0.3, -0.25) is 0 Å². The predicted octanol–water partition coefficient (Wildman–Crippen LogP) is 2.01. The number of nitrogens with two attached hydrogens (primary N) is 1. The summed E-state index contributed by atoms with van der Waals surface area (Å²) in [6.45, 7) is 3.89. The Morgan fingerprint density at radius 3 is 2.80 bits per heavy atom. The second kappa shape index (κ2) is 3.47. The SMILES string of the molecule is CC1(C)Nc2ccc(Br)cc2C(N)C1O.